The fourth-order valence-corrected chi connectivity index (χ4v) is 3.25. The van der Waals surface area contributed by atoms with Crippen molar-refractivity contribution in [2.45, 2.75) is 52.7 Å². The highest BCUT2D eigenvalue weighted by Gasteiger charge is 2.22. The molecule has 1 saturated carbocycles. The first-order valence-electron chi connectivity index (χ1n) is 10.6. The average Bonchev–Trinajstić information content (AvgIpc) is 3.54. The first-order valence-corrected chi connectivity index (χ1v) is 11.4. The minimum atomic E-state index is -0.519. The number of nitrogens with one attached hydrogen (secondary N) is 3. The lowest BCUT2D eigenvalue weighted by molar-refractivity contribution is 0.0523. The summed E-state index contributed by atoms with van der Waals surface area (Å²) in [4.78, 5) is 20.7. The number of allylic oxidation sites excluding steroid dienone is 2. The van der Waals surface area contributed by atoms with Crippen LogP contribution in [0.4, 0.5) is 22.2 Å². The summed E-state index contributed by atoms with van der Waals surface area (Å²) in [6.45, 7) is 12.1. The number of alkyl carbamates (subject to hydrolysis) is 1. The molecule has 170 valence electrons. The molecule has 0 aliphatic heterocycles. The summed E-state index contributed by atoms with van der Waals surface area (Å²) in [5.41, 5.74) is 3.40. The molecule has 2 aromatic rings. The van der Waals surface area contributed by atoms with Crippen molar-refractivity contribution in [2.24, 2.45) is 5.92 Å². The predicted octanol–water partition coefficient (Wildman–Crippen LogP) is 6.29. The molecule has 1 fully saturated rings. The van der Waals surface area contributed by atoms with E-state index >= 15 is 0 Å². The van der Waals surface area contributed by atoms with Crippen molar-refractivity contribution in [3.8, 4) is 0 Å². The van der Waals surface area contributed by atoms with Crippen LogP contribution in [0.1, 0.15) is 46.1 Å². The molecule has 3 rings (SSSR count). The van der Waals surface area contributed by atoms with E-state index in [4.69, 9.17) is 4.74 Å². The Labute approximate surface area is 197 Å². The fourth-order valence-electron chi connectivity index (χ4n) is 2.96. The van der Waals surface area contributed by atoms with Gasteiger partial charge in [-0.05, 0) is 86.2 Å². The summed E-state index contributed by atoms with van der Waals surface area (Å²) >= 11 is 3.49. The van der Waals surface area contributed by atoms with Gasteiger partial charge < -0.3 is 20.7 Å². The molecule has 0 radical (unpaired) electrons. The quantitative estimate of drug-likeness (QED) is 0.370. The Bertz CT molecular complexity index is 1010. The largest absolute Gasteiger partial charge is 0.444 e. The molecule has 1 aromatic heterocycles. The first-order chi connectivity index (χ1) is 15.1. The Hall–Kier alpha value is -2.87. The molecule has 0 saturated heterocycles. The van der Waals surface area contributed by atoms with E-state index in [1.54, 1.807) is 6.20 Å². The number of anilines is 3. The summed E-state index contributed by atoms with van der Waals surface area (Å²) in [5, 5.41) is 9.19. The van der Waals surface area contributed by atoms with Crippen molar-refractivity contribution in [3.05, 3.63) is 64.4 Å². The van der Waals surface area contributed by atoms with Crippen LogP contribution in [0.2, 0.25) is 0 Å². The highest BCUT2D eigenvalue weighted by atomic mass is 79.9. The Balaban J connectivity index is 1.57. The van der Waals surface area contributed by atoms with Crippen LogP contribution in [0.25, 0.3) is 0 Å². The van der Waals surface area contributed by atoms with Crippen LogP contribution in [0.3, 0.4) is 0 Å². The molecule has 32 heavy (non-hydrogen) atoms. The van der Waals surface area contributed by atoms with E-state index in [1.165, 1.54) is 18.4 Å². The highest BCUT2D eigenvalue weighted by Crippen LogP contribution is 2.36. The second kappa shape index (κ2) is 10.2. The van der Waals surface area contributed by atoms with Crippen LogP contribution in [0.15, 0.2) is 58.9 Å². The molecular weight excluding hydrogens is 470 g/mol. The van der Waals surface area contributed by atoms with E-state index < -0.39 is 11.7 Å². The fraction of sp³-hybridized carbons (Fsp3) is 0.375. The van der Waals surface area contributed by atoms with Gasteiger partial charge in [0, 0.05) is 24.1 Å². The number of hydrogen-bond donors (Lipinski definition) is 3. The maximum atomic E-state index is 11.8. The number of carbonyl (C=O) groups excluding carboxylic acids is 1. The normalized spacial score (nSPS) is 14.0. The summed E-state index contributed by atoms with van der Waals surface area (Å²) in [6.07, 6.45) is 5.85. The zero-order valence-corrected chi connectivity index (χ0v) is 20.5. The van der Waals surface area contributed by atoms with Crippen LogP contribution in [-0.2, 0) is 11.3 Å². The molecule has 1 aliphatic rings. The van der Waals surface area contributed by atoms with Gasteiger partial charge in [0.2, 0.25) is 5.95 Å². The molecular formula is C24H30BrN5O2. The number of nitrogens with zero attached hydrogens (tertiary/aromatic N) is 2. The molecule has 0 bridgehead atoms. The van der Waals surface area contributed by atoms with E-state index in [0.29, 0.717) is 24.2 Å². The number of ether oxygens (including phenoxy) is 1. The van der Waals surface area contributed by atoms with Crippen molar-refractivity contribution in [1.82, 2.24) is 15.3 Å². The number of hydrogen-bond acceptors (Lipinski definition) is 6. The lowest BCUT2D eigenvalue weighted by atomic mass is 10.1. The zero-order valence-electron chi connectivity index (χ0n) is 19.0. The third-order valence-electron chi connectivity index (χ3n) is 4.69. The van der Waals surface area contributed by atoms with E-state index in [-0.39, 0.29) is 0 Å². The molecule has 8 heteroatoms. The van der Waals surface area contributed by atoms with Gasteiger partial charge in [-0.1, -0.05) is 24.3 Å². The molecule has 1 heterocycles. The molecule has 0 unspecified atom stereocenters. The van der Waals surface area contributed by atoms with Gasteiger partial charge in [0.1, 0.15) is 11.4 Å². The van der Waals surface area contributed by atoms with Crippen LogP contribution < -0.4 is 16.0 Å². The monoisotopic (exact) mass is 499 g/mol. The maximum Gasteiger partial charge on any atom is 0.407 e. The molecule has 0 atom stereocenters. The lowest BCUT2D eigenvalue weighted by Gasteiger charge is -2.19. The predicted molar refractivity (Wildman–Crippen MR) is 132 cm³/mol. The van der Waals surface area contributed by atoms with Crippen LogP contribution in [0, 0.1) is 5.92 Å². The molecule has 0 spiro atoms. The standard InChI is InChI=1S/C24H30BrN5O2/c1-15(18-8-9-18)12-16(2)28-21-20(25)14-26-22(30-21)29-19-10-6-17(7-11-19)13-27-23(31)32-24(3,4)5/h6-7,10-12,14,18H,2,8-9,13H2,1,3-5H3,(H,27,31)(H2,26,28,29,30)/b15-12+. The average molecular weight is 500 g/mol. The molecule has 7 nitrogen and oxygen atoms in total. The first kappa shape index (κ1) is 23.8. The van der Waals surface area contributed by atoms with Gasteiger partial charge in [-0.15, -0.1) is 0 Å². The van der Waals surface area contributed by atoms with Crippen LogP contribution in [-0.4, -0.2) is 21.7 Å². The number of amides is 1. The van der Waals surface area contributed by atoms with Crippen molar-refractivity contribution in [1.29, 1.82) is 0 Å². The molecule has 3 N–H and O–H groups in total. The third-order valence-corrected chi connectivity index (χ3v) is 5.27. The van der Waals surface area contributed by atoms with Crippen LogP contribution >= 0.6 is 15.9 Å². The molecule has 1 aliphatic carbocycles. The summed E-state index contributed by atoms with van der Waals surface area (Å²) in [6, 6.07) is 7.66. The van der Waals surface area contributed by atoms with E-state index in [0.717, 1.165) is 21.4 Å². The number of rotatable bonds is 8. The Morgan fingerprint density at radius 3 is 2.59 bits per heavy atom. The highest BCUT2D eigenvalue weighted by molar-refractivity contribution is 9.10. The van der Waals surface area contributed by atoms with Crippen molar-refractivity contribution < 1.29 is 9.53 Å². The van der Waals surface area contributed by atoms with Gasteiger partial charge in [0.05, 0.1) is 4.47 Å². The number of halogens is 1. The second-order valence-electron chi connectivity index (χ2n) is 8.88. The van der Waals surface area contributed by atoms with Gasteiger partial charge in [-0.3, -0.25) is 0 Å². The summed E-state index contributed by atoms with van der Waals surface area (Å²) in [5.74, 6) is 1.80. The number of benzene rings is 1. The summed E-state index contributed by atoms with van der Waals surface area (Å²) < 4.78 is 6.00. The van der Waals surface area contributed by atoms with Gasteiger partial charge in [-0.2, -0.15) is 4.98 Å². The SMILES string of the molecule is C=C(/C=C(\C)C1CC1)Nc1nc(Nc2ccc(CNC(=O)OC(C)(C)C)cc2)ncc1Br. The van der Waals surface area contributed by atoms with Crippen molar-refractivity contribution in [2.75, 3.05) is 10.6 Å². The van der Waals surface area contributed by atoms with Gasteiger partial charge in [-0.25, -0.2) is 9.78 Å². The molecule has 1 aromatic carbocycles. The minimum Gasteiger partial charge on any atom is -0.444 e. The van der Waals surface area contributed by atoms with E-state index in [9.17, 15) is 4.79 Å². The zero-order chi connectivity index (χ0) is 23.3. The minimum absolute atomic E-state index is 0.383. The topological polar surface area (TPSA) is 88.2 Å². The van der Waals surface area contributed by atoms with Crippen LogP contribution in [0.5, 0.6) is 0 Å². The van der Waals surface area contributed by atoms with Crippen molar-refractivity contribution >= 4 is 39.5 Å². The molecule has 1 amide bonds. The maximum absolute atomic E-state index is 11.8. The lowest BCUT2D eigenvalue weighted by Crippen LogP contribution is -2.32. The summed E-state index contributed by atoms with van der Waals surface area (Å²) in [7, 11) is 0. The van der Waals surface area contributed by atoms with E-state index in [1.807, 2.05) is 45.0 Å². The van der Waals surface area contributed by atoms with Crippen molar-refractivity contribution in [3.63, 3.8) is 0 Å². The number of carbonyl (C=O) groups is 1. The second-order valence-corrected chi connectivity index (χ2v) is 9.73. The Kier molecular flexibility index (Phi) is 7.56. The Morgan fingerprint density at radius 1 is 1.28 bits per heavy atom. The Morgan fingerprint density at radius 2 is 1.97 bits per heavy atom. The van der Waals surface area contributed by atoms with Gasteiger partial charge in [0.25, 0.3) is 0 Å². The smallest absolute Gasteiger partial charge is 0.407 e. The third kappa shape index (κ3) is 7.67. The number of aromatic nitrogens is 2. The van der Waals surface area contributed by atoms with Gasteiger partial charge >= 0.3 is 6.09 Å². The van der Waals surface area contributed by atoms with Gasteiger partial charge in [0.15, 0.2) is 0 Å². The van der Waals surface area contributed by atoms with E-state index in [2.05, 4.69) is 61.4 Å².